The molecular formula is C16H19N5O2S. The van der Waals surface area contributed by atoms with Gasteiger partial charge in [0.1, 0.15) is 0 Å². The number of aryl methyl sites for hydroxylation is 1. The second-order valence-electron chi connectivity index (χ2n) is 5.75. The number of nitrogens with one attached hydrogen (secondary N) is 1. The number of fused-ring (bicyclic) bond motifs is 1. The van der Waals surface area contributed by atoms with Crippen LogP contribution in [0.2, 0.25) is 0 Å². The molecule has 0 aliphatic carbocycles. The number of carbonyl (C=O) groups excluding carboxylic acids is 2. The van der Waals surface area contributed by atoms with Crippen LogP contribution < -0.4 is 11.1 Å². The van der Waals surface area contributed by atoms with Gasteiger partial charge in [0.05, 0.1) is 28.0 Å². The highest BCUT2D eigenvalue weighted by atomic mass is 32.2. The summed E-state index contributed by atoms with van der Waals surface area (Å²) in [6.45, 7) is 1.28. The molecule has 0 fully saturated rings. The minimum atomic E-state index is -0.458. The molecular weight excluding hydrogens is 326 g/mol. The van der Waals surface area contributed by atoms with Gasteiger partial charge in [-0.2, -0.15) is 5.10 Å². The summed E-state index contributed by atoms with van der Waals surface area (Å²) in [5.41, 5.74) is 7.26. The molecule has 0 spiro atoms. The molecule has 3 rings (SSSR count). The number of primary amides is 1. The first-order valence-corrected chi connectivity index (χ1v) is 8.93. The Morgan fingerprint density at radius 1 is 1.42 bits per heavy atom. The molecule has 0 bridgehead atoms. The van der Waals surface area contributed by atoms with Crippen LogP contribution in [0, 0.1) is 5.92 Å². The van der Waals surface area contributed by atoms with Gasteiger partial charge in [0.2, 0.25) is 0 Å². The molecule has 0 saturated heterocycles. The van der Waals surface area contributed by atoms with Crippen molar-refractivity contribution >= 4 is 23.6 Å². The van der Waals surface area contributed by atoms with Crippen molar-refractivity contribution in [1.29, 1.82) is 0 Å². The van der Waals surface area contributed by atoms with E-state index in [1.54, 1.807) is 12.3 Å². The maximum Gasteiger partial charge on any atom is 0.252 e. The number of carbonyl (C=O) groups is 2. The lowest BCUT2D eigenvalue weighted by Gasteiger charge is -2.24. The van der Waals surface area contributed by atoms with Crippen molar-refractivity contribution in [3.8, 4) is 0 Å². The Morgan fingerprint density at radius 2 is 2.25 bits per heavy atom. The number of hydrogen-bond acceptors (Lipinski definition) is 5. The molecule has 2 aromatic heterocycles. The van der Waals surface area contributed by atoms with Crippen molar-refractivity contribution in [2.45, 2.75) is 24.4 Å². The molecule has 126 valence electrons. The molecule has 0 unspecified atom stereocenters. The molecule has 0 radical (unpaired) electrons. The van der Waals surface area contributed by atoms with E-state index in [9.17, 15) is 9.59 Å². The van der Waals surface area contributed by atoms with E-state index < -0.39 is 5.91 Å². The average Bonchev–Trinajstić information content (AvgIpc) is 3.03. The van der Waals surface area contributed by atoms with Crippen molar-refractivity contribution in [3.63, 3.8) is 0 Å². The molecule has 2 amide bonds. The van der Waals surface area contributed by atoms with E-state index in [4.69, 9.17) is 5.73 Å². The Morgan fingerprint density at radius 3 is 2.92 bits per heavy atom. The lowest BCUT2D eigenvalue weighted by atomic mass is 9.94. The Labute approximate surface area is 144 Å². The first kappa shape index (κ1) is 16.5. The van der Waals surface area contributed by atoms with Crippen LogP contribution in [-0.2, 0) is 13.0 Å². The van der Waals surface area contributed by atoms with Gasteiger partial charge >= 0.3 is 0 Å². The number of nitrogens with two attached hydrogens (primary N) is 1. The van der Waals surface area contributed by atoms with Crippen LogP contribution in [0.5, 0.6) is 0 Å². The van der Waals surface area contributed by atoms with E-state index in [1.807, 2.05) is 17.0 Å². The second-order valence-corrected chi connectivity index (χ2v) is 6.58. The number of amides is 2. The molecule has 24 heavy (non-hydrogen) atoms. The van der Waals surface area contributed by atoms with Crippen molar-refractivity contribution in [3.05, 3.63) is 41.3 Å². The molecule has 3 N–H and O–H groups in total. The highest BCUT2D eigenvalue weighted by Gasteiger charge is 2.24. The van der Waals surface area contributed by atoms with E-state index in [-0.39, 0.29) is 11.8 Å². The minimum Gasteiger partial charge on any atom is -0.365 e. The van der Waals surface area contributed by atoms with E-state index in [2.05, 4.69) is 15.4 Å². The predicted molar refractivity (Wildman–Crippen MR) is 90.9 cm³/mol. The van der Waals surface area contributed by atoms with Gasteiger partial charge in [-0.05, 0) is 37.1 Å². The number of nitrogens with zero attached hydrogens (tertiary/aromatic N) is 3. The molecule has 7 nitrogen and oxygen atoms in total. The van der Waals surface area contributed by atoms with Gasteiger partial charge in [0.15, 0.2) is 0 Å². The van der Waals surface area contributed by atoms with Crippen LogP contribution in [0.15, 0.2) is 29.6 Å². The van der Waals surface area contributed by atoms with Crippen LogP contribution in [-0.4, -0.2) is 39.4 Å². The minimum absolute atomic E-state index is 0.135. The number of pyridine rings is 1. The number of hydrogen-bond donors (Lipinski definition) is 2. The van der Waals surface area contributed by atoms with Crippen LogP contribution in [0.3, 0.4) is 0 Å². The first-order chi connectivity index (χ1) is 11.6. The Bertz CT molecular complexity index is 756. The zero-order valence-corrected chi connectivity index (χ0v) is 14.2. The predicted octanol–water partition coefficient (Wildman–Crippen LogP) is 1.09. The number of thioether (sulfide) groups is 1. The molecule has 0 aromatic carbocycles. The van der Waals surface area contributed by atoms with Crippen LogP contribution in [0.25, 0.3) is 0 Å². The van der Waals surface area contributed by atoms with Gasteiger partial charge in [-0.1, -0.05) is 0 Å². The molecule has 1 aliphatic rings. The van der Waals surface area contributed by atoms with E-state index in [0.717, 1.165) is 23.7 Å². The fraction of sp³-hybridized carbons (Fsp3) is 0.375. The summed E-state index contributed by atoms with van der Waals surface area (Å²) in [6, 6.07) is 3.60. The second kappa shape index (κ2) is 7.04. The summed E-state index contributed by atoms with van der Waals surface area (Å²) < 4.78 is 1.82. The van der Waals surface area contributed by atoms with E-state index in [0.29, 0.717) is 24.1 Å². The Balaban J connectivity index is 1.59. The lowest BCUT2D eigenvalue weighted by molar-refractivity contribution is 0.0941. The van der Waals surface area contributed by atoms with Crippen LogP contribution in [0.1, 0.15) is 32.8 Å². The van der Waals surface area contributed by atoms with Crippen molar-refractivity contribution in [1.82, 2.24) is 20.1 Å². The van der Waals surface area contributed by atoms with Crippen molar-refractivity contribution in [2.75, 3.05) is 12.8 Å². The topological polar surface area (TPSA) is 103 Å². The highest BCUT2D eigenvalue weighted by molar-refractivity contribution is 7.98. The fourth-order valence-corrected chi connectivity index (χ4v) is 3.22. The SMILES string of the molecule is CSc1ccc(C(=O)NC[C@H]2CCn3ncc(C(N)=O)c3C2)cn1. The molecule has 3 heterocycles. The van der Waals surface area contributed by atoms with Gasteiger partial charge in [0, 0.05) is 19.3 Å². The maximum absolute atomic E-state index is 12.2. The monoisotopic (exact) mass is 345 g/mol. The number of rotatable bonds is 5. The van der Waals surface area contributed by atoms with Crippen molar-refractivity contribution in [2.24, 2.45) is 11.7 Å². The van der Waals surface area contributed by atoms with Crippen LogP contribution >= 0.6 is 11.8 Å². The first-order valence-electron chi connectivity index (χ1n) is 7.71. The zero-order valence-electron chi connectivity index (χ0n) is 13.4. The van der Waals surface area contributed by atoms with Gasteiger partial charge < -0.3 is 11.1 Å². The standard InChI is InChI=1S/C16H19N5O2S/c1-24-14-3-2-11(8-18-14)16(23)19-7-10-4-5-21-13(6-10)12(9-20-21)15(17)22/h2-3,8-10H,4-7H2,1H3,(H2,17,22)(H,19,23)/t10-/m0/s1. The molecule has 1 aliphatic heterocycles. The summed E-state index contributed by atoms with van der Waals surface area (Å²) in [5, 5.41) is 8.02. The summed E-state index contributed by atoms with van der Waals surface area (Å²) in [7, 11) is 0. The quantitative estimate of drug-likeness (QED) is 0.790. The molecule has 2 aromatic rings. The summed E-state index contributed by atoms with van der Waals surface area (Å²) in [5.74, 6) is -0.333. The van der Waals surface area contributed by atoms with Crippen LogP contribution in [0.4, 0.5) is 0 Å². The zero-order chi connectivity index (χ0) is 17.1. The van der Waals surface area contributed by atoms with Gasteiger partial charge in [-0.3, -0.25) is 14.3 Å². The fourth-order valence-electron chi connectivity index (χ4n) is 2.85. The average molecular weight is 345 g/mol. The Hall–Kier alpha value is -2.35. The van der Waals surface area contributed by atoms with E-state index in [1.165, 1.54) is 18.0 Å². The number of aromatic nitrogens is 3. The summed E-state index contributed by atoms with van der Waals surface area (Å²) >= 11 is 1.53. The van der Waals surface area contributed by atoms with Gasteiger partial charge in [-0.15, -0.1) is 11.8 Å². The summed E-state index contributed by atoms with van der Waals surface area (Å²) in [4.78, 5) is 27.8. The maximum atomic E-state index is 12.2. The van der Waals surface area contributed by atoms with E-state index >= 15 is 0 Å². The largest absolute Gasteiger partial charge is 0.365 e. The third-order valence-corrected chi connectivity index (χ3v) is 4.86. The smallest absolute Gasteiger partial charge is 0.252 e. The summed E-state index contributed by atoms with van der Waals surface area (Å²) in [6.07, 6.45) is 6.63. The lowest BCUT2D eigenvalue weighted by Crippen LogP contribution is -2.34. The highest BCUT2D eigenvalue weighted by Crippen LogP contribution is 2.22. The van der Waals surface area contributed by atoms with Gasteiger partial charge in [-0.25, -0.2) is 4.98 Å². The molecule has 1 atom stereocenters. The molecule has 0 saturated carbocycles. The molecule has 8 heteroatoms. The van der Waals surface area contributed by atoms with Gasteiger partial charge in [0.25, 0.3) is 11.8 Å². The third-order valence-electron chi connectivity index (χ3n) is 4.20. The normalized spacial score (nSPS) is 16.5. The third kappa shape index (κ3) is 3.43. The van der Waals surface area contributed by atoms with Crippen molar-refractivity contribution < 1.29 is 9.59 Å². The Kier molecular flexibility index (Phi) is 4.84.